The van der Waals surface area contributed by atoms with Gasteiger partial charge in [0.15, 0.2) is 0 Å². The van der Waals surface area contributed by atoms with E-state index < -0.39 is 0 Å². The molecule has 0 saturated heterocycles. The molecule has 3 aromatic rings. The minimum absolute atomic E-state index is 0.177. The molecule has 4 heteroatoms. The summed E-state index contributed by atoms with van der Waals surface area (Å²) < 4.78 is 0. The monoisotopic (exact) mass is 277 g/mol. The molecule has 0 aliphatic rings. The summed E-state index contributed by atoms with van der Waals surface area (Å²) >= 11 is 0. The van der Waals surface area contributed by atoms with Crippen molar-refractivity contribution in [1.29, 1.82) is 0 Å². The zero-order chi connectivity index (χ0) is 14.8. The molecule has 0 aliphatic carbocycles. The number of aryl methyl sites for hydroxylation is 2. The second kappa shape index (κ2) is 5.32. The van der Waals surface area contributed by atoms with Gasteiger partial charge in [-0.1, -0.05) is 12.1 Å². The maximum absolute atomic E-state index is 12.4. The van der Waals surface area contributed by atoms with Crippen molar-refractivity contribution in [2.75, 3.05) is 5.32 Å². The molecule has 0 bridgehead atoms. The van der Waals surface area contributed by atoms with Crippen LogP contribution in [0.2, 0.25) is 0 Å². The Morgan fingerprint density at radius 3 is 2.62 bits per heavy atom. The lowest BCUT2D eigenvalue weighted by Gasteiger charge is -2.09. The maximum atomic E-state index is 12.4. The fourth-order valence-electron chi connectivity index (χ4n) is 2.19. The van der Waals surface area contributed by atoms with Crippen LogP contribution in [0.3, 0.4) is 0 Å². The number of nitrogens with zero attached hydrogens (tertiary/aromatic N) is 2. The number of amides is 1. The number of benzene rings is 2. The number of hydrogen-bond donors (Lipinski definition) is 1. The Morgan fingerprint density at radius 1 is 1.00 bits per heavy atom. The van der Waals surface area contributed by atoms with Gasteiger partial charge in [-0.05, 0) is 49.2 Å². The van der Waals surface area contributed by atoms with Gasteiger partial charge in [-0.25, -0.2) is 0 Å². The van der Waals surface area contributed by atoms with E-state index in [1.165, 1.54) is 5.56 Å². The number of carbonyl (C=O) groups is 1. The lowest BCUT2D eigenvalue weighted by atomic mass is 10.1. The van der Waals surface area contributed by atoms with Crippen LogP contribution >= 0.6 is 0 Å². The van der Waals surface area contributed by atoms with Crippen LogP contribution in [-0.2, 0) is 0 Å². The Morgan fingerprint density at radius 2 is 1.81 bits per heavy atom. The van der Waals surface area contributed by atoms with E-state index in [1.807, 2.05) is 44.2 Å². The first kappa shape index (κ1) is 13.2. The lowest BCUT2D eigenvalue weighted by Crippen LogP contribution is -2.13. The smallest absolute Gasteiger partial charge is 0.257 e. The van der Waals surface area contributed by atoms with E-state index in [1.54, 1.807) is 18.5 Å². The summed E-state index contributed by atoms with van der Waals surface area (Å²) in [6.45, 7) is 4.07. The van der Waals surface area contributed by atoms with Crippen molar-refractivity contribution in [2.45, 2.75) is 13.8 Å². The van der Waals surface area contributed by atoms with E-state index in [9.17, 15) is 4.79 Å². The Hall–Kier alpha value is -2.75. The van der Waals surface area contributed by atoms with Crippen molar-refractivity contribution in [2.24, 2.45) is 0 Å². The molecule has 1 amide bonds. The van der Waals surface area contributed by atoms with Crippen LogP contribution in [0.4, 0.5) is 5.69 Å². The number of para-hydroxylation sites is 1. The summed E-state index contributed by atoms with van der Waals surface area (Å²) in [4.78, 5) is 20.9. The minimum Gasteiger partial charge on any atom is -0.322 e. The van der Waals surface area contributed by atoms with Gasteiger partial charge in [-0.2, -0.15) is 0 Å². The SMILES string of the molecule is Cc1ccc(NC(=O)c2cccc3nccnc23)cc1C. The molecule has 104 valence electrons. The van der Waals surface area contributed by atoms with Gasteiger partial charge in [-0.3, -0.25) is 14.8 Å². The van der Waals surface area contributed by atoms with Crippen LogP contribution in [0.15, 0.2) is 48.8 Å². The van der Waals surface area contributed by atoms with E-state index in [4.69, 9.17) is 0 Å². The van der Waals surface area contributed by atoms with Crippen molar-refractivity contribution in [3.8, 4) is 0 Å². The van der Waals surface area contributed by atoms with Crippen LogP contribution in [0.1, 0.15) is 21.5 Å². The third kappa shape index (κ3) is 2.60. The molecule has 0 spiro atoms. The Kier molecular flexibility index (Phi) is 3.36. The minimum atomic E-state index is -0.177. The van der Waals surface area contributed by atoms with Crippen LogP contribution in [0, 0.1) is 13.8 Å². The van der Waals surface area contributed by atoms with Crippen LogP contribution < -0.4 is 5.32 Å². The summed E-state index contributed by atoms with van der Waals surface area (Å²) in [6.07, 6.45) is 3.21. The van der Waals surface area contributed by atoms with E-state index in [-0.39, 0.29) is 5.91 Å². The third-order valence-corrected chi connectivity index (χ3v) is 3.51. The number of nitrogens with one attached hydrogen (secondary N) is 1. The van der Waals surface area contributed by atoms with Gasteiger partial charge in [-0.15, -0.1) is 0 Å². The Labute approximate surface area is 122 Å². The Bertz CT molecular complexity index is 822. The number of anilines is 1. The predicted octanol–water partition coefficient (Wildman–Crippen LogP) is 3.50. The standard InChI is InChI=1S/C17H15N3O/c1-11-6-7-13(10-12(11)2)20-17(21)14-4-3-5-15-16(14)19-9-8-18-15/h3-10H,1-2H3,(H,20,21). The van der Waals surface area contributed by atoms with Gasteiger partial charge in [0.2, 0.25) is 0 Å². The quantitative estimate of drug-likeness (QED) is 0.780. The molecule has 1 N–H and O–H groups in total. The average Bonchev–Trinajstić information content (AvgIpc) is 2.50. The highest BCUT2D eigenvalue weighted by Crippen LogP contribution is 2.18. The number of rotatable bonds is 2. The topological polar surface area (TPSA) is 54.9 Å². The van der Waals surface area contributed by atoms with Crippen LogP contribution in [-0.4, -0.2) is 15.9 Å². The molecule has 0 aliphatic heterocycles. The van der Waals surface area contributed by atoms with E-state index >= 15 is 0 Å². The second-order valence-corrected chi connectivity index (χ2v) is 4.98. The van der Waals surface area contributed by atoms with Crippen molar-refractivity contribution >= 4 is 22.6 Å². The zero-order valence-corrected chi connectivity index (χ0v) is 11.9. The van der Waals surface area contributed by atoms with E-state index in [0.29, 0.717) is 16.6 Å². The zero-order valence-electron chi connectivity index (χ0n) is 11.9. The molecule has 1 heterocycles. The van der Waals surface area contributed by atoms with Crippen molar-refractivity contribution in [3.63, 3.8) is 0 Å². The first-order valence-electron chi connectivity index (χ1n) is 6.73. The largest absolute Gasteiger partial charge is 0.322 e. The molecule has 4 nitrogen and oxygen atoms in total. The van der Waals surface area contributed by atoms with Crippen LogP contribution in [0.25, 0.3) is 11.0 Å². The Balaban J connectivity index is 1.95. The summed E-state index contributed by atoms with van der Waals surface area (Å²) in [5.74, 6) is -0.177. The number of hydrogen-bond acceptors (Lipinski definition) is 3. The molecule has 0 unspecified atom stereocenters. The molecular formula is C17H15N3O. The lowest BCUT2D eigenvalue weighted by molar-refractivity contribution is 0.102. The average molecular weight is 277 g/mol. The van der Waals surface area contributed by atoms with Gasteiger partial charge in [0.25, 0.3) is 5.91 Å². The summed E-state index contributed by atoms with van der Waals surface area (Å²) in [5.41, 5.74) is 4.98. The fourth-order valence-corrected chi connectivity index (χ4v) is 2.19. The van der Waals surface area contributed by atoms with Gasteiger partial charge in [0.1, 0.15) is 5.52 Å². The van der Waals surface area contributed by atoms with Crippen molar-refractivity contribution in [3.05, 3.63) is 65.5 Å². The highest BCUT2D eigenvalue weighted by Gasteiger charge is 2.11. The summed E-state index contributed by atoms with van der Waals surface area (Å²) in [5, 5.41) is 2.91. The molecule has 0 saturated carbocycles. The molecule has 1 aromatic heterocycles. The first-order valence-corrected chi connectivity index (χ1v) is 6.73. The highest BCUT2D eigenvalue weighted by molar-refractivity contribution is 6.11. The van der Waals surface area contributed by atoms with Crippen molar-refractivity contribution in [1.82, 2.24) is 9.97 Å². The number of carbonyl (C=O) groups excluding carboxylic acids is 1. The first-order chi connectivity index (χ1) is 10.1. The van der Waals surface area contributed by atoms with E-state index in [0.717, 1.165) is 11.3 Å². The number of fused-ring (bicyclic) bond motifs is 1. The molecule has 0 atom stereocenters. The molecular weight excluding hydrogens is 262 g/mol. The molecule has 3 rings (SSSR count). The van der Waals surface area contributed by atoms with Crippen LogP contribution in [0.5, 0.6) is 0 Å². The normalized spacial score (nSPS) is 10.6. The highest BCUT2D eigenvalue weighted by atomic mass is 16.1. The number of aromatic nitrogens is 2. The predicted molar refractivity (Wildman–Crippen MR) is 83.4 cm³/mol. The maximum Gasteiger partial charge on any atom is 0.257 e. The van der Waals surface area contributed by atoms with Gasteiger partial charge < -0.3 is 5.32 Å². The summed E-state index contributed by atoms with van der Waals surface area (Å²) in [6, 6.07) is 11.3. The molecule has 0 fully saturated rings. The van der Waals surface area contributed by atoms with Gasteiger partial charge in [0.05, 0.1) is 11.1 Å². The van der Waals surface area contributed by atoms with Gasteiger partial charge in [0, 0.05) is 18.1 Å². The molecule has 21 heavy (non-hydrogen) atoms. The van der Waals surface area contributed by atoms with Crippen molar-refractivity contribution < 1.29 is 4.79 Å². The van der Waals surface area contributed by atoms with Gasteiger partial charge >= 0.3 is 0 Å². The molecule has 0 radical (unpaired) electrons. The third-order valence-electron chi connectivity index (χ3n) is 3.51. The van der Waals surface area contributed by atoms with E-state index in [2.05, 4.69) is 15.3 Å². The fraction of sp³-hybridized carbons (Fsp3) is 0.118. The second-order valence-electron chi connectivity index (χ2n) is 4.98. The molecule has 2 aromatic carbocycles. The summed E-state index contributed by atoms with van der Waals surface area (Å²) in [7, 11) is 0.